The van der Waals surface area contributed by atoms with E-state index < -0.39 is 0 Å². The lowest BCUT2D eigenvalue weighted by Crippen LogP contribution is -2.50. The van der Waals surface area contributed by atoms with Gasteiger partial charge in [-0.25, -0.2) is 4.79 Å². The van der Waals surface area contributed by atoms with Gasteiger partial charge in [-0.1, -0.05) is 30.3 Å². The lowest BCUT2D eigenvalue weighted by Gasteiger charge is -2.36. The van der Waals surface area contributed by atoms with E-state index in [4.69, 9.17) is 0 Å². The molecule has 0 aromatic heterocycles. The molecule has 0 aliphatic carbocycles. The van der Waals surface area contributed by atoms with Crippen molar-refractivity contribution in [3.63, 3.8) is 0 Å². The summed E-state index contributed by atoms with van der Waals surface area (Å²) in [5.74, 6) is 0.225. The molecule has 1 aliphatic heterocycles. The molecule has 1 saturated heterocycles. The number of benzene rings is 3. The van der Waals surface area contributed by atoms with Crippen molar-refractivity contribution in [3.05, 3.63) is 83.4 Å². The molecule has 188 valence electrons. The van der Waals surface area contributed by atoms with Gasteiger partial charge in [0.25, 0.3) is 0 Å². The van der Waals surface area contributed by atoms with Crippen LogP contribution in [-0.4, -0.2) is 48.1 Å². The van der Waals surface area contributed by atoms with E-state index in [-0.39, 0.29) is 17.7 Å². The highest BCUT2D eigenvalue weighted by Gasteiger charge is 2.22. The molecule has 0 spiro atoms. The molecule has 3 aromatic rings. The van der Waals surface area contributed by atoms with Gasteiger partial charge in [0.2, 0.25) is 5.91 Å². The zero-order chi connectivity index (χ0) is 25.5. The summed E-state index contributed by atoms with van der Waals surface area (Å²) in [6.45, 7) is 6.43. The van der Waals surface area contributed by atoms with Crippen molar-refractivity contribution in [3.8, 4) is 5.75 Å². The Morgan fingerprint density at radius 1 is 0.861 bits per heavy atom. The summed E-state index contributed by atoms with van der Waals surface area (Å²) in [5, 5.41) is 15.7. The summed E-state index contributed by atoms with van der Waals surface area (Å²) < 4.78 is 0. The van der Waals surface area contributed by atoms with E-state index in [0.717, 1.165) is 54.1 Å². The third-order valence-corrected chi connectivity index (χ3v) is 6.54. The average molecular weight is 487 g/mol. The zero-order valence-corrected chi connectivity index (χ0v) is 21.0. The second kappa shape index (κ2) is 11.6. The maximum Gasteiger partial charge on any atom is 0.321 e. The second-order valence-electron chi connectivity index (χ2n) is 9.29. The van der Waals surface area contributed by atoms with E-state index in [2.05, 4.69) is 27.7 Å². The number of carbonyl (C=O) groups is 2. The number of amides is 3. The van der Waals surface area contributed by atoms with Crippen molar-refractivity contribution in [2.75, 3.05) is 41.7 Å². The number of nitrogens with one attached hydrogen (secondary N) is 2. The van der Waals surface area contributed by atoms with Gasteiger partial charge < -0.3 is 25.5 Å². The normalized spacial score (nSPS) is 13.4. The molecule has 0 unspecified atom stereocenters. The van der Waals surface area contributed by atoms with Gasteiger partial charge in [0, 0.05) is 49.7 Å². The topological polar surface area (TPSA) is 84.9 Å². The number of aromatic hydroxyl groups is 1. The fraction of sp³-hybridized carbons (Fsp3) is 0.310. The van der Waals surface area contributed by atoms with E-state index in [0.29, 0.717) is 19.5 Å². The second-order valence-corrected chi connectivity index (χ2v) is 9.29. The average Bonchev–Trinajstić information content (AvgIpc) is 2.87. The molecule has 0 saturated carbocycles. The lowest BCUT2D eigenvalue weighted by molar-refractivity contribution is -0.116. The molecular formula is C29H34N4O3. The standard InChI is InChI=1S/C29H34N4O3/c1-21-19-26(34)20-22(2)28(21)31-29(36)33-17-15-32(16-18-33)25-13-11-24(12-14-25)30-27(35)10-6-9-23-7-4-3-5-8-23/h3-5,7-8,11-14,19-20,34H,6,9-10,15-18H2,1-2H3,(H,30,35)(H,31,36). The van der Waals surface area contributed by atoms with Crippen LogP contribution in [0.1, 0.15) is 29.5 Å². The Morgan fingerprint density at radius 2 is 1.50 bits per heavy atom. The van der Waals surface area contributed by atoms with Gasteiger partial charge in [-0.2, -0.15) is 0 Å². The fourth-order valence-corrected chi connectivity index (χ4v) is 4.57. The number of nitrogens with zero attached hydrogens (tertiary/aromatic N) is 2. The number of hydrogen-bond acceptors (Lipinski definition) is 4. The van der Waals surface area contributed by atoms with Crippen LogP contribution in [0.4, 0.5) is 21.9 Å². The third-order valence-electron chi connectivity index (χ3n) is 6.54. The summed E-state index contributed by atoms with van der Waals surface area (Å²) in [5.41, 5.74) is 5.53. The highest BCUT2D eigenvalue weighted by Crippen LogP contribution is 2.26. The molecule has 0 atom stereocenters. The summed E-state index contributed by atoms with van der Waals surface area (Å²) in [6.07, 6.45) is 2.20. The van der Waals surface area contributed by atoms with Crippen LogP contribution < -0.4 is 15.5 Å². The summed E-state index contributed by atoms with van der Waals surface area (Å²) >= 11 is 0. The number of piperazine rings is 1. The van der Waals surface area contributed by atoms with E-state index >= 15 is 0 Å². The number of phenolic OH excluding ortho intramolecular Hbond substituents is 1. The van der Waals surface area contributed by atoms with Crippen molar-refractivity contribution >= 4 is 29.0 Å². The van der Waals surface area contributed by atoms with Crippen LogP contribution in [-0.2, 0) is 11.2 Å². The first-order chi connectivity index (χ1) is 17.4. The predicted octanol–water partition coefficient (Wildman–Crippen LogP) is 5.32. The van der Waals surface area contributed by atoms with Crippen LogP contribution in [0, 0.1) is 13.8 Å². The Hall–Kier alpha value is -4.00. The summed E-state index contributed by atoms with van der Waals surface area (Å²) in [6, 6.07) is 21.3. The smallest absolute Gasteiger partial charge is 0.321 e. The van der Waals surface area contributed by atoms with Crippen LogP contribution in [0.2, 0.25) is 0 Å². The van der Waals surface area contributed by atoms with Gasteiger partial charge in [-0.15, -0.1) is 0 Å². The van der Waals surface area contributed by atoms with Gasteiger partial charge in [0.1, 0.15) is 5.75 Å². The molecule has 0 radical (unpaired) electrons. The molecule has 3 N–H and O–H groups in total. The number of phenols is 1. The highest BCUT2D eigenvalue weighted by molar-refractivity contribution is 5.92. The van der Waals surface area contributed by atoms with Crippen molar-refractivity contribution in [2.45, 2.75) is 33.1 Å². The van der Waals surface area contributed by atoms with Crippen molar-refractivity contribution < 1.29 is 14.7 Å². The van der Waals surface area contributed by atoms with E-state index in [9.17, 15) is 14.7 Å². The summed E-state index contributed by atoms with van der Waals surface area (Å²) in [7, 11) is 0. The quantitative estimate of drug-likeness (QED) is 0.395. The monoisotopic (exact) mass is 486 g/mol. The van der Waals surface area contributed by atoms with Gasteiger partial charge in [0.15, 0.2) is 0 Å². The Bertz CT molecular complexity index is 1160. The van der Waals surface area contributed by atoms with Crippen LogP contribution in [0.15, 0.2) is 66.7 Å². The fourth-order valence-electron chi connectivity index (χ4n) is 4.57. The minimum Gasteiger partial charge on any atom is -0.508 e. The first kappa shape index (κ1) is 25.1. The molecule has 3 amide bonds. The molecular weight excluding hydrogens is 452 g/mol. The Kier molecular flexibility index (Phi) is 8.10. The van der Waals surface area contributed by atoms with Gasteiger partial charge in [-0.3, -0.25) is 4.79 Å². The van der Waals surface area contributed by atoms with E-state index in [1.807, 2.05) is 61.2 Å². The lowest BCUT2D eigenvalue weighted by atomic mass is 10.1. The third kappa shape index (κ3) is 6.56. The molecule has 36 heavy (non-hydrogen) atoms. The maximum atomic E-state index is 12.8. The Labute approximate surface area is 212 Å². The number of urea groups is 1. The number of hydrogen-bond donors (Lipinski definition) is 3. The van der Waals surface area contributed by atoms with Crippen molar-refractivity contribution in [2.24, 2.45) is 0 Å². The minimum absolute atomic E-state index is 0.0254. The Balaban J connectivity index is 1.22. The van der Waals surface area contributed by atoms with Crippen LogP contribution >= 0.6 is 0 Å². The molecule has 1 aliphatic rings. The predicted molar refractivity (Wildman–Crippen MR) is 145 cm³/mol. The minimum atomic E-state index is -0.128. The first-order valence-electron chi connectivity index (χ1n) is 12.4. The number of carbonyl (C=O) groups excluding carboxylic acids is 2. The summed E-state index contributed by atoms with van der Waals surface area (Å²) in [4.78, 5) is 29.2. The molecule has 7 heteroatoms. The first-order valence-corrected chi connectivity index (χ1v) is 12.4. The largest absolute Gasteiger partial charge is 0.508 e. The highest BCUT2D eigenvalue weighted by atomic mass is 16.3. The van der Waals surface area contributed by atoms with E-state index in [1.165, 1.54) is 5.56 Å². The van der Waals surface area contributed by atoms with Gasteiger partial charge in [-0.05, 0) is 79.8 Å². The zero-order valence-electron chi connectivity index (χ0n) is 21.0. The molecule has 1 fully saturated rings. The van der Waals surface area contributed by atoms with Crippen LogP contribution in [0.25, 0.3) is 0 Å². The number of aryl methyl sites for hydroxylation is 3. The number of rotatable bonds is 7. The Morgan fingerprint density at radius 3 is 2.14 bits per heavy atom. The maximum absolute atomic E-state index is 12.8. The molecule has 4 rings (SSSR count). The molecule has 7 nitrogen and oxygen atoms in total. The van der Waals surface area contributed by atoms with Gasteiger partial charge >= 0.3 is 6.03 Å². The molecule has 1 heterocycles. The SMILES string of the molecule is Cc1cc(O)cc(C)c1NC(=O)N1CCN(c2ccc(NC(=O)CCCc3ccccc3)cc2)CC1. The molecule has 0 bridgehead atoms. The van der Waals surface area contributed by atoms with Gasteiger partial charge in [0.05, 0.1) is 0 Å². The molecule has 3 aromatic carbocycles. The van der Waals surface area contributed by atoms with E-state index in [1.54, 1.807) is 12.1 Å². The van der Waals surface area contributed by atoms with Crippen LogP contribution in [0.5, 0.6) is 5.75 Å². The van der Waals surface area contributed by atoms with Crippen molar-refractivity contribution in [1.29, 1.82) is 0 Å². The van der Waals surface area contributed by atoms with Crippen LogP contribution in [0.3, 0.4) is 0 Å². The number of anilines is 3. The van der Waals surface area contributed by atoms with Crippen molar-refractivity contribution in [1.82, 2.24) is 4.90 Å².